The van der Waals surface area contributed by atoms with Crippen LogP contribution in [0.2, 0.25) is 0 Å². The molecule has 1 aliphatic rings. The normalized spacial score (nSPS) is 22.7. The van der Waals surface area contributed by atoms with Gasteiger partial charge in [-0.25, -0.2) is 0 Å². The predicted molar refractivity (Wildman–Crippen MR) is 78.0 cm³/mol. The molecule has 0 spiro atoms. The zero-order chi connectivity index (χ0) is 14.4. The quantitative estimate of drug-likeness (QED) is 0.768. The lowest BCUT2D eigenvalue weighted by Crippen LogP contribution is -2.53. The Labute approximate surface area is 118 Å². The van der Waals surface area contributed by atoms with Gasteiger partial charge >= 0.3 is 0 Å². The highest BCUT2D eigenvalue weighted by Gasteiger charge is 2.31. The van der Waals surface area contributed by atoms with Crippen LogP contribution in [0.4, 0.5) is 0 Å². The fraction of sp³-hybridized carbons (Fsp3) is 0.933. The molecule has 0 aromatic heterocycles. The minimum Gasteiger partial charge on any atom is -0.378 e. The third-order valence-electron chi connectivity index (χ3n) is 4.18. The van der Waals surface area contributed by atoms with Gasteiger partial charge in [-0.1, -0.05) is 13.8 Å². The molecule has 4 heteroatoms. The number of nitrogens with one attached hydrogen (secondary N) is 1. The van der Waals surface area contributed by atoms with Gasteiger partial charge in [0.15, 0.2) is 0 Å². The van der Waals surface area contributed by atoms with Crippen molar-refractivity contribution in [3.8, 4) is 6.07 Å². The molecule has 0 amide bonds. The number of hydrogen-bond acceptors (Lipinski definition) is 4. The Balaban J connectivity index is 2.46. The highest BCUT2D eigenvalue weighted by atomic mass is 16.5. The zero-order valence-electron chi connectivity index (χ0n) is 13.0. The van der Waals surface area contributed by atoms with E-state index in [0.29, 0.717) is 0 Å². The Bertz CT molecular complexity index is 311. The van der Waals surface area contributed by atoms with Crippen LogP contribution in [0, 0.1) is 11.3 Å². The topological polar surface area (TPSA) is 48.3 Å². The molecule has 0 bridgehead atoms. The molecule has 1 rings (SSSR count). The summed E-state index contributed by atoms with van der Waals surface area (Å²) in [6.45, 7) is 13.1. The van der Waals surface area contributed by atoms with Crippen molar-refractivity contribution < 1.29 is 4.74 Å². The van der Waals surface area contributed by atoms with E-state index in [2.05, 4.69) is 44.0 Å². The van der Waals surface area contributed by atoms with E-state index in [0.717, 1.165) is 52.1 Å². The van der Waals surface area contributed by atoms with E-state index in [1.165, 1.54) is 0 Å². The number of nitrogens with zero attached hydrogens (tertiary/aromatic N) is 2. The van der Waals surface area contributed by atoms with E-state index in [1.807, 2.05) is 0 Å². The second-order valence-electron chi connectivity index (χ2n) is 6.03. The summed E-state index contributed by atoms with van der Waals surface area (Å²) in [6.07, 6.45) is 2.84. The summed E-state index contributed by atoms with van der Waals surface area (Å²) in [5, 5.41) is 12.8. The number of hydrogen-bond donors (Lipinski definition) is 1. The molecule has 1 heterocycles. The van der Waals surface area contributed by atoms with E-state index in [-0.39, 0.29) is 11.1 Å². The Morgan fingerprint density at radius 3 is 2.68 bits per heavy atom. The lowest BCUT2D eigenvalue weighted by molar-refractivity contribution is -0.0517. The van der Waals surface area contributed by atoms with E-state index >= 15 is 0 Å². The Hall–Kier alpha value is -0.630. The minimum atomic E-state index is -0.342. The van der Waals surface area contributed by atoms with Crippen molar-refractivity contribution in [1.29, 1.82) is 5.26 Å². The summed E-state index contributed by atoms with van der Waals surface area (Å²) >= 11 is 0. The van der Waals surface area contributed by atoms with Crippen molar-refractivity contribution in [2.24, 2.45) is 0 Å². The second-order valence-corrected chi connectivity index (χ2v) is 6.03. The predicted octanol–water partition coefficient (Wildman–Crippen LogP) is 2.16. The zero-order valence-corrected chi connectivity index (χ0v) is 13.0. The largest absolute Gasteiger partial charge is 0.378 e. The number of rotatable bonds is 7. The highest BCUT2D eigenvalue weighted by molar-refractivity contribution is 5.06. The fourth-order valence-electron chi connectivity index (χ4n) is 2.78. The maximum absolute atomic E-state index is 9.40. The van der Waals surface area contributed by atoms with Crippen LogP contribution in [-0.2, 0) is 4.74 Å². The van der Waals surface area contributed by atoms with Crippen molar-refractivity contribution >= 4 is 0 Å². The molecule has 0 radical (unpaired) electrons. The molecule has 1 fully saturated rings. The van der Waals surface area contributed by atoms with Gasteiger partial charge in [0.05, 0.1) is 19.3 Å². The Morgan fingerprint density at radius 2 is 2.16 bits per heavy atom. The fourth-order valence-corrected chi connectivity index (χ4v) is 2.78. The lowest BCUT2D eigenvalue weighted by atomic mass is 9.91. The van der Waals surface area contributed by atoms with Gasteiger partial charge in [0, 0.05) is 12.1 Å². The van der Waals surface area contributed by atoms with Crippen LogP contribution in [0.3, 0.4) is 0 Å². The summed E-state index contributed by atoms with van der Waals surface area (Å²) in [4.78, 5) is 2.49. The van der Waals surface area contributed by atoms with Crippen molar-refractivity contribution in [2.45, 2.75) is 58.0 Å². The van der Waals surface area contributed by atoms with Crippen LogP contribution in [0.15, 0.2) is 0 Å². The minimum absolute atomic E-state index is 0.123. The Kier molecular flexibility index (Phi) is 6.25. The molecule has 4 nitrogen and oxygen atoms in total. The van der Waals surface area contributed by atoms with E-state index < -0.39 is 0 Å². The van der Waals surface area contributed by atoms with Crippen molar-refractivity contribution in [3.63, 3.8) is 0 Å². The first-order valence-electron chi connectivity index (χ1n) is 7.49. The molecule has 1 saturated heterocycles. The molecule has 0 aromatic carbocycles. The van der Waals surface area contributed by atoms with Crippen LogP contribution in [0.1, 0.15) is 47.0 Å². The van der Waals surface area contributed by atoms with Gasteiger partial charge in [0.2, 0.25) is 0 Å². The Morgan fingerprint density at radius 1 is 1.42 bits per heavy atom. The van der Waals surface area contributed by atoms with Crippen molar-refractivity contribution in [2.75, 3.05) is 32.8 Å². The molecule has 19 heavy (non-hydrogen) atoms. The van der Waals surface area contributed by atoms with Crippen LogP contribution < -0.4 is 5.32 Å². The molecular formula is C15H29N3O. The summed E-state index contributed by atoms with van der Waals surface area (Å²) in [7, 11) is 0. The maximum Gasteiger partial charge on any atom is 0.106 e. The van der Waals surface area contributed by atoms with Gasteiger partial charge in [-0.2, -0.15) is 5.26 Å². The average Bonchev–Trinajstić information content (AvgIpc) is 2.39. The first-order chi connectivity index (χ1) is 8.99. The van der Waals surface area contributed by atoms with Crippen LogP contribution in [0.5, 0.6) is 0 Å². The third kappa shape index (κ3) is 4.45. The van der Waals surface area contributed by atoms with Gasteiger partial charge in [-0.05, 0) is 46.2 Å². The summed E-state index contributed by atoms with van der Waals surface area (Å²) < 4.78 is 5.54. The summed E-state index contributed by atoms with van der Waals surface area (Å²) in [5.41, 5.74) is -0.219. The van der Waals surface area contributed by atoms with Gasteiger partial charge in [-0.3, -0.25) is 10.2 Å². The lowest BCUT2D eigenvalue weighted by Gasteiger charge is -2.42. The van der Waals surface area contributed by atoms with Gasteiger partial charge in [0.25, 0.3) is 0 Å². The molecule has 1 N–H and O–H groups in total. The SMILES string of the molecule is CCNC(C#N)(CC)CCCN1CCOCC1(C)C. The monoisotopic (exact) mass is 267 g/mol. The van der Waals surface area contributed by atoms with Crippen LogP contribution >= 0.6 is 0 Å². The molecule has 1 unspecified atom stereocenters. The standard InChI is InChI=1S/C15H29N3O/c1-5-15(12-16,17-6-2)8-7-9-18-10-11-19-13-14(18,3)4/h17H,5-11,13H2,1-4H3. The van der Waals surface area contributed by atoms with Crippen LogP contribution in [-0.4, -0.2) is 48.8 Å². The van der Waals surface area contributed by atoms with E-state index in [4.69, 9.17) is 4.74 Å². The number of morpholine rings is 1. The molecule has 1 aliphatic heterocycles. The van der Waals surface area contributed by atoms with Crippen molar-refractivity contribution in [3.05, 3.63) is 0 Å². The first-order valence-corrected chi connectivity index (χ1v) is 7.49. The summed E-state index contributed by atoms with van der Waals surface area (Å²) in [6, 6.07) is 2.47. The van der Waals surface area contributed by atoms with E-state index in [9.17, 15) is 5.26 Å². The smallest absolute Gasteiger partial charge is 0.106 e. The molecule has 1 atom stereocenters. The average molecular weight is 267 g/mol. The molecule has 110 valence electrons. The van der Waals surface area contributed by atoms with Gasteiger partial charge in [0.1, 0.15) is 5.54 Å². The van der Waals surface area contributed by atoms with Crippen molar-refractivity contribution in [1.82, 2.24) is 10.2 Å². The van der Waals surface area contributed by atoms with Gasteiger partial charge in [-0.15, -0.1) is 0 Å². The van der Waals surface area contributed by atoms with E-state index in [1.54, 1.807) is 0 Å². The first kappa shape index (κ1) is 16.4. The molecule has 0 aromatic rings. The summed E-state index contributed by atoms with van der Waals surface area (Å²) in [5.74, 6) is 0. The molecule has 0 aliphatic carbocycles. The maximum atomic E-state index is 9.40. The highest BCUT2D eigenvalue weighted by Crippen LogP contribution is 2.22. The second kappa shape index (κ2) is 7.23. The molecule has 0 saturated carbocycles. The number of nitriles is 1. The number of ether oxygens (including phenoxy) is 1. The van der Waals surface area contributed by atoms with Crippen LogP contribution in [0.25, 0.3) is 0 Å². The van der Waals surface area contributed by atoms with Gasteiger partial charge < -0.3 is 4.74 Å². The molecular weight excluding hydrogens is 238 g/mol. The third-order valence-corrected chi connectivity index (χ3v) is 4.18.